The number of aromatic nitrogens is 2. The van der Waals surface area contributed by atoms with Crippen LogP contribution in [0.3, 0.4) is 0 Å². The van der Waals surface area contributed by atoms with Gasteiger partial charge < -0.3 is 4.98 Å². The standard InChI is InChI=1S/C10H12N2/c1-8(2)12-6-4-9-3-5-11-10(9)7-12/h3-8H,1-2H3/p+1. The van der Waals surface area contributed by atoms with Crippen LogP contribution in [0.4, 0.5) is 0 Å². The Labute approximate surface area is 71.8 Å². The lowest BCUT2D eigenvalue weighted by molar-refractivity contribution is -0.715. The van der Waals surface area contributed by atoms with Gasteiger partial charge in [0.25, 0.3) is 0 Å². The molecule has 62 valence electrons. The molecular weight excluding hydrogens is 148 g/mol. The molecule has 0 radical (unpaired) electrons. The number of hydrogen-bond donors (Lipinski definition) is 1. The lowest BCUT2D eigenvalue weighted by atomic mass is 10.3. The Bertz CT molecular complexity index is 387. The molecule has 2 aromatic heterocycles. The van der Waals surface area contributed by atoms with E-state index in [1.807, 2.05) is 6.20 Å². The van der Waals surface area contributed by atoms with Crippen LogP contribution in [0, 0.1) is 0 Å². The van der Waals surface area contributed by atoms with Crippen molar-refractivity contribution in [1.29, 1.82) is 0 Å². The van der Waals surface area contributed by atoms with E-state index in [2.05, 4.69) is 47.9 Å². The summed E-state index contributed by atoms with van der Waals surface area (Å²) in [6.07, 6.45) is 6.22. The van der Waals surface area contributed by atoms with E-state index in [0.717, 1.165) is 0 Å². The fourth-order valence-corrected chi connectivity index (χ4v) is 1.33. The summed E-state index contributed by atoms with van der Waals surface area (Å²) in [5.74, 6) is 0. The highest BCUT2D eigenvalue weighted by Gasteiger charge is 2.06. The number of H-pyrrole nitrogens is 1. The topological polar surface area (TPSA) is 19.7 Å². The van der Waals surface area contributed by atoms with E-state index >= 15 is 0 Å². The first-order chi connectivity index (χ1) is 5.77. The van der Waals surface area contributed by atoms with Crippen molar-refractivity contribution >= 4 is 10.9 Å². The molecule has 0 unspecified atom stereocenters. The second-order valence-electron chi connectivity index (χ2n) is 3.33. The van der Waals surface area contributed by atoms with Crippen LogP contribution in [0.25, 0.3) is 10.9 Å². The van der Waals surface area contributed by atoms with E-state index in [-0.39, 0.29) is 0 Å². The number of pyridine rings is 1. The van der Waals surface area contributed by atoms with Crippen LogP contribution >= 0.6 is 0 Å². The number of rotatable bonds is 1. The van der Waals surface area contributed by atoms with E-state index in [4.69, 9.17) is 0 Å². The SMILES string of the molecule is CC(C)[n+]1ccc2cc[nH]c2c1. The van der Waals surface area contributed by atoms with Crippen molar-refractivity contribution in [2.45, 2.75) is 19.9 Å². The molecule has 2 heterocycles. The fraction of sp³-hybridized carbons (Fsp3) is 0.300. The first kappa shape index (κ1) is 7.35. The molecule has 0 fully saturated rings. The number of aromatic amines is 1. The van der Waals surface area contributed by atoms with E-state index in [0.29, 0.717) is 6.04 Å². The van der Waals surface area contributed by atoms with Crippen LogP contribution < -0.4 is 4.57 Å². The molecule has 2 rings (SSSR count). The van der Waals surface area contributed by atoms with Crippen LogP contribution in [-0.2, 0) is 0 Å². The van der Waals surface area contributed by atoms with Gasteiger partial charge in [0.05, 0.1) is 0 Å². The zero-order valence-electron chi connectivity index (χ0n) is 7.41. The maximum atomic E-state index is 3.19. The molecule has 0 amide bonds. The van der Waals surface area contributed by atoms with Crippen molar-refractivity contribution in [2.75, 3.05) is 0 Å². The van der Waals surface area contributed by atoms with E-state index < -0.39 is 0 Å². The minimum atomic E-state index is 0.526. The summed E-state index contributed by atoms with van der Waals surface area (Å²) in [6.45, 7) is 4.35. The van der Waals surface area contributed by atoms with Gasteiger partial charge in [-0.2, -0.15) is 0 Å². The van der Waals surface area contributed by atoms with Crippen molar-refractivity contribution in [3.8, 4) is 0 Å². The molecule has 2 nitrogen and oxygen atoms in total. The molecular formula is C10H13N2+. The first-order valence-electron chi connectivity index (χ1n) is 4.25. The van der Waals surface area contributed by atoms with Crippen molar-refractivity contribution in [3.05, 3.63) is 30.7 Å². The van der Waals surface area contributed by atoms with Gasteiger partial charge in [-0.3, -0.25) is 0 Å². The molecule has 0 aliphatic carbocycles. The van der Waals surface area contributed by atoms with Crippen LogP contribution in [-0.4, -0.2) is 4.98 Å². The van der Waals surface area contributed by atoms with Gasteiger partial charge in [0.1, 0.15) is 5.52 Å². The van der Waals surface area contributed by atoms with E-state index in [9.17, 15) is 0 Å². The molecule has 12 heavy (non-hydrogen) atoms. The van der Waals surface area contributed by atoms with Crippen LogP contribution in [0.5, 0.6) is 0 Å². The zero-order chi connectivity index (χ0) is 8.55. The van der Waals surface area contributed by atoms with Gasteiger partial charge in [0.2, 0.25) is 0 Å². The quantitative estimate of drug-likeness (QED) is 0.617. The van der Waals surface area contributed by atoms with Crippen molar-refractivity contribution in [2.24, 2.45) is 0 Å². The van der Waals surface area contributed by atoms with Gasteiger partial charge in [0.15, 0.2) is 18.4 Å². The summed E-state index contributed by atoms with van der Waals surface area (Å²) in [7, 11) is 0. The minimum absolute atomic E-state index is 0.526. The predicted molar refractivity (Wildman–Crippen MR) is 48.9 cm³/mol. The van der Waals surface area contributed by atoms with Crippen molar-refractivity contribution < 1.29 is 4.57 Å². The average Bonchev–Trinajstić information content (AvgIpc) is 2.49. The largest absolute Gasteiger partial charge is 0.356 e. The molecule has 0 aliphatic heterocycles. The van der Waals surface area contributed by atoms with Gasteiger partial charge in [-0.15, -0.1) is 0 Å². The van der Waals surface area contributed by atoms with Crippen LogP contribution in [0.1, 0.15) is 19.9 Å². The number of hydrogen-bond acceptors (Lipinski definition) is 0. The Morgan fingerprint density at radius 3 is 2.92 bits per heavy atom. The number of nitrogens with one attached hydrogen (secondary N) is 1. The third-order valence-corrected chi connectivity index (χ3v) is 2.11. The molecule has 1 N–H and O–H groups in total. The maximum absolute atomic E-state index is 3.19. The predicted octanol–water partition coefficient (Wildman–Crippen LogP) is 2.04. The van der Waals surface area contributed by atoms with Gasteiger partial charge >= 0.3 is 0 Å². The van der Waals surface area contributed by atoms with Gasteiger partial charge in [0, 0.05) is 17.6 Å². The third kappa shape index (κ3) is 1.09. The van der Waals surface area contributed by atoms with Crippen LogP contribution in [0.2, 0.25) is 0 Å². The summed E-state index contributed by atoms with van der Waals surface area (Å²) in [4.78, 5) is 3.19. The van der Waals surface area contributed by atoms with Crippen LogP contribution in [0.15, 0.2) is 30.7 Å². The minimum Gasteiger partial charge on any atom is -0.356 e. The molecule has 0 saturated heterocycles. The summed E-state index contributed by atoms with van der Waals surface area (Å²) in [5, 5.41) is 1.27. The normalized spacial score (nSPS) is 11.2. The highest BCUT2D eigenvalue weighted by atomic mass is 15.0. The van der Waals surface area contributed by atoms with E-state index in [1.165, 1.54) is 10.9 Å². The summed E-state index contributed by atoms with van der Waals surface area (Å²) in [6, 6.07) is 4.74. The molecule has 2 heteroatoms. The third-order valence-electron chi connectivity index (χ3n) is 2.11. The summed E-state index contributed by atoms with van der Waals surface area (Å²) in [5.41, 5.74) is 1.20. The summed E-state index contributed by atoms with van der Waals surface area (Å²) >= 11 is 0. The van der Waals surface area contributed by atoms with E-state index in [1.54, 1.807) is 0 Å². The highest BCUT2D eigenvalue weighted by Crippen LogP contribution is 2.08. The van der Waals surface area contributed by atoms with Gasteiger partial charge in [-0.05, 0) is 19.9 Å². The Kier molecular flexibility index (Phi) is 1.61. The van der Waals surface area contributed by atoms with Gasteiger partial charge in [-0.1, -0.05) is 0 Å². The molecule has 0 aliphatic rings. The van der Waals surface area contributed by atoms with Gasteiger partial charge in [-0.25, -0.2) is 4.57 Å². The fourth-order valence-electron chi connectivity index (χ4n) is 1.33. The summed E-state index contributed by atoms with van der Waals surface area (Å²) < 4.78 is 2.19. The molecule has 0 aromatic carbocycles. The van der Waals surface area contributed by atoms with Crippen molar-refractivity contribution in [1.82, 2.24) is 4.98 Å². The molecule has 2 aromatic rings. The second kappa shape index (κ2) is 2.63. The molecule has 0 spiro atoms. The molecule has 0 saturated carbocycles. The van der Waals surface area contributed by atoms with Crippen molar-refractivity contribution in [3.63, 3.8) is 0 Å². The maximum Gasteiger partial charge on any atom is 0.193 e. The second-order valence-corrected chi connectivity index (χ2v) is 3.33. The number of nitrogens with zero attached hydrogens (tertiary/aromatic N) is 1. The Morgan fingerprint density at radius 2 is 2.17 bits per heavy atom. The zero-order valence-corrected chi connectivity index (χ0v) is 7.41. The smallest absolute Gasteiger partial charge is 0.193 e. The average molecular weight is 161 g/mol. The molecule has 0 bridgehead atoms. The Balaban J connectivity index is 2.60. The lowest BCUT2D eigenvalue weighted by Crippen LogP contribution is -2.34. The number of fused-ring (bicyclic) bond motifs is 1. The Morgan fingerprint density at radius 1 is 1.33 bits per heavy atom. The molecule has 0 atom stereocenters. The monoisotopic (exact) mass is 161 g/mol. The Hall–Kier alpha value is -1.31. The highest BCUT2D eigenvalue weighted by molar-refractivity contribution is 5.76. The lowest BCUT2D eigenvalue weighted by Gasteiger charge is -1.98. The first-order valence-corrected chi connectivity index (χ1v) is 4.25.